The molecule has 1 rings (SSSR count). The quantitative estimate of drug-likeness (QED) is 0.810. The van der Waals surface area contributed by atoms with Gasteiger partial charge in [0.05, 0.1) is 5.69 Å². The molecule has 1 aromatic heterocycles. The third-order valence-corrected chi connectivity index (χ3v) is 3.16. The molecule has 0 fully saturated rings. The highest BCUT2D eigenvalue weighted by molar-refractivity contribution is 5.43. The summed E-state index contributed by atoms with van der Waals surface area (Å²) in [5.41, 5.74) is 8.29. The lowest BCUT2D eigenvalue weighted by Gasteiger charge is -2.12. The van der Waals surface area contributed by atoms with E-state index in [0.29, 0.717) is 5.92 Å². The van der Waals surface area contributed by atoms with Gasteiger partial charge in [-0.3, -0.25) is 4.68 Å². The molecule has 1 unspecified atom stereocenters. The highest BCUT2D eigenvalue weighted by Crippen LogP contribution is 2.29. The summed E-state index contributed by atoms with van der Waals surface area (Å²) in [5, 5.41) is 4.53. The molecule has 0 radical (unpaired) electrons. The molecule has 0 saturated carbocycles. The van der Waals surface area contributed by atoms with Crippen molar-refractivity contribution in [1.29, 1.82) is 0 Å². The van der Waals surface area contributed by atoms with Gasteiger partial charge in [-0.15, -0.1) is 0 Å². The first-order chi connectivity index (χ1) is 7.11. The molecule has 0 spiro atoms. The van der Waals surface area contributed by atoms with E-state index in [0.717, 1.165) is 12.2 Å². The second-order valence-electron chi connectivity index (χ2n) is 4.27. The summed E-state index contributed by atoms with van der Waals surface area (Å²) >= 11 is 0. The lowest BCUT2D eigenvalue weighted by atomic mass is 9.94. The molecule has 3 nitrogen and oxygen atoms in total. The molecule has 0 aromatic carbocycles. The molecule has 0 aliphatic carbocycles. The summed E-state index contributed by atoms with van der Waals surface area (Å²) < 4.78 is 1.79. The topological polar surface area (TPSA) is 43.8 Å². The Morgan fingerprint density at radius 2 is 2.07 bits per heavy atom. The molecule has 1 aromatic rings. The standard InChI is InChI=1S/C12H23N3/c1-5-7-8-10(6-2)11-9(3)12(13)15(4)14-11/h10H,5-8,13H2,1-4H3. The van der Waals surface area contributed by atoms with E-state index in [-0.39, 0.29) is 0 Å². The van der Waals surface area contributed by atoms with E-state index in [1.54, 1.807) is 4.68 Å². The fourth-order valence-electron chi connectivity index (χ4n) is 2.04. The first kappa shape index (κ1) is 12.1. The molecule has 0 bridgehead atoms. The number of nitrogens with zero attached hydrogens (tertiary/aromatic N) is 2. The number of aromatic nitrogens is 2. The number of aryl methyl sites for hydroxylation is 1. The molecule has 0 aliphatic heterocycles. The van der Waals surface area contributed by atoms with E-state index in [4.69, 9.17) is 5.73 Å². The van der Waals surface area contributed by atoms with E-state index in [1.165, 1.54) is 30.5 Å². The van der Waals surface area contributed by atoms with Gasteiger partial charge in [0.2, 0.25) is 0 Å². The molecule has 3 heteroatoms. The van der Waals surface area contributed by atoms with Gasteiger partial charge in [0, 0.05) is 18.5 Å². The minimum atomic E-state index is 0.577. The molecule has 86 valence electrons. The van der Waals surface area contributed by atoms with Gasteiger partial charge in [-0.25, -0.2) is 0 Å². The predicted molar refractivity (Wildman–Crippen MR) is 64.9 cm³/mol. The number of unbranched alkanes of at least 4 members (excludes halogenated alkanes) is 1. The van der Waals surface area contributed by atoms with Crippen LogP contribution in [0.25, 0.3) is 0 Å². The van der Waals surface area contributed by atoms with Crippen LogP contribution in [0.3, 0.4) is 0 Å². The molecular formula is C12H23N3. The Labute approximate surface area is 92.7 Å². The van der Waals surface area contributed by atoms with Gasteiger partial charge in [-0.2, -0.15) is 5.10 Å². The fraction of sp³-hybridized carbons (Fsp3) is 0.750. The number of hydrogen-bond donors (Lipinski definition) is 1. The lowest BCUT2D eigenvalue weighted by Crippen LogP contribution is -2.01. The van der Waals surface area contributed by atoms with Crippen molar-refractivity contribution in [2.24, 2.45) is 7.05 Å². The number of nitrogens with two attached hydrogens (primary N) is 1. The van der Waals surface area contributed by atoms with Crippen LogP contribution in [0.2, 0.25) is 0 Å². The smallest absolute Gasteiger partial charge is 0.124 e. The van der Waals surface area contributed by atoms with Gasteiger partial charge in [-0.1, -0.05) is 26.7 Å². The number of rotatable bonds is 5. The van der Waals surface area contributed by atoms with Crippen LogP contribution in [0.15, 0.2) is 0 Å². The van der Waals surface area contributed by atoms with Gasteiger partial charge >= 0.3 is 0 Å². The van der Waals surface area contributed by atoms with Crippen LogP contribution >= 0.6 is 0 Å². The van der Waals surface area contributed by atoms with Crippen LogP contribution in [0.1, 0.15) is 56.7 Å². The van der Waals surface area contributed by atoms with Crippen molar-refractivity contribution in [2.45, 2.75) is 52.4 Å². The van der Waals surface area contributed by atoms with Crippen LogP contribution in [-0.4, -0.2) is 9.78 Å². The zero-order valence-electron chi connectivity index (χ0n) is 10.4. The first-order valence-corrected chi connectivity index (χ1v) is 5.90. The van der Waals surface area contributed by atoms with Gasteiger partial charge in [-0.05, 0) is 19.8 Å². The predicted octanol–water partition coefficient (Wildman–Crippen LogP) is 2.99. The van der Waals surface area contributed by atoms with Gasteiger partial charge in [0.1, 0.15) is 5.82 Å². The van der Waals surface area contributed by atoms with Crippen molar-refractivity contribution in [3.63, 3.8) is 0 Å². The highest BCUT2D eigenvalue weighted by Gasteiger charge is 2.17. The Balaban J connectivity index is 2.86. The van der Waals surface area contributed by atoms with Crippen molar-refractivity contribution in [1.82, 2.24) is 9.78 Å². The maximum atomic E-state index is 5.92. The van der Waals surface area contributed by atoms with Crippen LogP contribution in [0.5, 0.6) is 0 Å². The summed E-state index contributed by atoms with van der Waals surface area (Å²) in [6, 6.07) is 0. The van der Waals surface area contributed by atoms with Gasteiger partial charge in [0.25, 0.3) is 0 Å². The third kappa shape index (κ3) is 2.52. The Hall–Kier alpha value is -0.990. The number of hydrogen-bond acceptors (Lipinski definition) is 2. The molecule has 0 amide bonds. The Morgan fingerprint density at radius 1 is 1.40 bits per heavy atom. The van der Waals surface area contributed by atoms with Crippen molar-refractivity contribution < 1.29 is 0 Å². The zero-order chi connectivity index (χ0) is 11.4. The van der Waals surface area contributed by atoms with E-state index in [2.05, 4.69) is 25.9 Å². The van der Waals surface area contributed by atoms with Crippen molar-refractivity contribution in [3.05, 3.63) is 11.3 Å². The van der Waals surface area contributed by atoms with Crippen molar-refractivity contribution in [2.75, 3.05) is 5.73 Å². The monoisotopic (exact) mass is 209 g/mol. The van der Waals surface area contributed by atoms with E-state index < -0.39 is 0 Å². The maximum absolute atomic E-state index is 5.92. The van der Waals surface area contributed by atoms with Gasteiger partial charge < -0.3 is 5.73 Å². The molecule has 0 saturated heterocycles. The number of anilines is 1. The SMILES string of the molecule is CCCCC(CC)c1nn(C)c(N)c1C. The minimum Gasteiger partial charge on any atom is -0.384 e. The van der Waals surface area contributed by atoms with E-state index >= 15 is 0 Å². The second kappa shape index (κ2) is 5.19. The fourth-order valence-corrected chi connectivity index (χ4v) is 2.04. The molecule has 15 heavy (non-hydrogen) atoms. The summed E-state index contributed by atoms with van der Waals surface area (Å²) in [5.74, 6) is 1.38. The lowest BCUT2D eigenvalue weighted by molar-refractivity contribution is 0.547. The van der Waals surface area contributed by atoms with Crippen LogP contribution < -0.4 is 5.73 Å². The van der Waals surface area contributed by atoms with Crippen molar-refractivity contribution >= 4 is 5.82 Å². The molecule has 1 atom stereocenters. The minimum absolute atomic E-state index is 0.577. The Morgan fingerprint density at radius 3 is 2.47 bits per heavy atom. The Kier molecular flexibility index (Phi) is 4.18. The average Bonchev–Trinajstić information content (AvgIpc) is 2.48. The summed E-state index contributed by atoms with van der Waals surface area (Å²) in [4.78, 5) is 0. The zero-order valence-corrected chi connectivity index (χ0v) is 10.4. The largest absolute Gasteiger partial charge is 0.384 e. The van der Waals surface area contributed by atoms with Crippen molar-refractivity contribution in [3.8, 4) is 0 Å². The normalized spacial score (nSPS) is 13.1. The van der Waals surface area contributed by atoms with Crippen LogP contribution in [0, 0.1) is 6.92 Å². The van der Waals surface area contributed by atoms with Gasteiger partial charge in [0.15, 0.2) is 0 Å². The summed E-state index contributed by atoms with van der Waals surface area (Å²) in [7, 11) is 1.92. The average molecular weight is 209 g/mol. The maximum Gasteiger partial charge on any atom is 0.124 e. The van der Waals surface area contributed by atoms with Crippen LogP contribution in [0.4, 0.5) is 5.82 Å². The van der Waals surface area contributed by atoms with Crippen LogP contribution in [-0.2, 0) is 7.05 Å². The molecular weight excluding hydrogens is 186 g/mol. The highest BCUT2D eigenvalue weighted by atomic mass is 15.3. The van der Waals surface area contributed by atoms with E-state index in [1.807, 2.05) is 7.05 Å². The molecule has 2 N–H and O–H groups in total. The second-order valence-corrected chi connectivity index (χ2v) is 4.27. The molecule has 0 aliphatic rings. The molecule has 1 heterocycles. The first-order valence-electron chi connectivity index (χ1n) is 5.90. The third-order valence-electron chi connectivity index (χ3n) is 3.16. The number of nitrogen functional groups attached to an aromatic ring is 1. The Bertz CT molecular complexity index is 315. The summed E-state index contributed by atoms with van der Waals surface area (Å²) in [6.07, 6.45) is 4.90. The summed E-state index contributed by atoms with van der Waals surface area (Å²) in [6.45, 7) is 6.53. The van der Waals surface area contributed by atoms with E-state index in [9.17, 15) is 0 Å².